The first-order valence-electron chi connectivity index (χ1n) is 10.6. The fourth-order valence-electron chi connectivity index (χ4n) is 3.86. The number of carbonyl (C=O) groups is 1. The smallest absolute Gasteiger partial charge is 0.258 e. The van der Waals surface area contributed by atoms with Crippen LogP contribution in [0.25, 0.3) is 11.0 Å². The molecule has 6 nitrogen and oxygen atoms in total. The van der Waals surface area contributed by atoms with Crippen LogP contribution in [0.3, 0.4) is 0 Å². The number of carbonyl (C=O) groups excluding carboxylic acids is 1. The summed E-state index contributed by atoms with van der Waals surface area (Å²) in [5, 5.41) is 3.09. The second kappa shape index (κ2) is 8.69. The summed E-state index contributed by atoms with van der Waals surface area (Å²) in [5.74, 6) is 1.20. The molecule has 1 atom stereocenters. The molecule has 3 aromatic rings. The minimum Gasteiger partial charge on any atom is -0.475 e. The van der Waals surface area contributed by atoms with Crippen LogP contribution in [0.1, 0.15) is 30.9 Å². The van der Waals surface area contributed by atoms with E-state index in [9.17, 15) is 4.79 Å². The molecule has 0 unspecified atom stereocenters. The number of aryl methyl sites for hydroxylation is 2. The zero-order valence-corrected chi connectivity index (χ0v) is 17.8. The predicted octanol–water partition coefficient (Wildman–Crippen LogP) is 4.50. The zero-order valence-electron chi connectivity index (χ0n) is 17.8. The highest BCUT2D eigenvalue weighted by molar-refractivity contribution is 5.93. The maximum absolute atomic E-state index is 13.0. The van der Waals surface area contributed by atoms with E-state index in [1.807, 2.05) is 49.4 Å². The van der Waals surface area contributed by atoms with E-state index in [1.54, 1.807) is 0 Å². The molecule has 1 N–H and O–H groups in total. The van der Waals surface area contributed by atoms with Crippen molar-refractivity contribution >= 4 is 28.4 Å². The minimum atomic E-state index is -0.108. The number of ether oxygens (including phenoxy) is 1. The van der Waals surface area contributed by atoms with Gasteiger partial charge < -0.3 is 15.0 Å². The van der Waals surface area contributed by atoms with E-state index in [2.05, 4.69) is 29.0 Å². The van der Waals surface area contributed by atoms with Crippen molar-refractivity contribution in [2.75, 3.05) is 29.9 Å². The Labute approximate surface area is 177 Å². The molecule has 2 heterocycles. The topological polar surface area (TPSA) is 67.4 Å². The number of hydrogen-bond donors (Lipinski definition) is 1. The van der Waals surface area contributed by atoms with Crippen molar-refractivity contribution < 1.29 is 9.53 Å². The Balaban J connectivity index is 1.55. The largest absolute Gasteiger partial charge is 0.475 e. The second-order valence-corrected chi connectivity index (χ2v) is 7.85. The molecular formula is C24H28N4O2. The third-order valence-corrected chi connectivity index (χ3v) is 5.67. The van der Waals surface area contributed by atoms with Crippen LogP contribution in [0.2, 0.25) is 0 Å². The van der Waals surface area contributed by atoms with Crippen LogP contribution in [0.4, 0.5) is 11.5 Å². The summed E-state index contributed by atoms with van der Waals surface area (Å²) in [7, 11) is 0. The highest BCUT2D eigenvalue weighted by Gasteiger charge is 2.29. The first kappa shape index (κ1) is 20.1. The van der Waals surface area contributed by atoms with Gasteiger partial charge in [-0.3, -0.25) is 4.79 Å². The molecule has 1 saturated heterocycles. The molecule has 0 radical (unpaired) electrons. The summed E-state index contributed by atoms with van der Waals surface area (Å²) >= 11 is 0. The fraction of sp³-hybridized carbons (Fsp3) is 0.375. The number of aromatic nitrogens is 2. The number of piperidine rings is 1. The summed E-state index contributed by atoms with van der Waals surface area (Å²) in [6.45, 7) is 8.02. The summed E-state index contributed by atoms with van der Waals surface area (Å²) in [5.41, 5.74) is 4.88. The summed E-state index contributed by atoms with van der Waals surface area (Å²) in [4.78, 5) is 24.6. The lowest BCUT2D eigenvalue weighted by Gasteiger charge is -2.33. The number of anilines is 2. The van der Waals surface area contributed by atoms with Crippen LogP contribution >= 0.6 is 0 Å². The molecule has 2 aromatic carbocycles. The Morgan fingerprint density at radius 1 is 1.13 bits per heavy atom. The second-order valence-electron chi connectivity index (χ2n) is 7.85. The van der Waals surface area contributed by atoms with E-state index in [0.29, 0.717) is 19.0 Å². The third kappa shape index (κ3) is 4.22. The van der Waals surface area contributed by atoms with Crippen LogP contribution < -0.4 is 15.0 Å². The predicted molar refractivity (Wildman–Crippen MR) is 120 cm³/mol. The van der Waals surface area contributed by atoms with E-state index in [0.717, 1.165) is 41.9 Å². The molecule has 1 aromatic heterocycles. The molecule has 1 amide bonds. The number of hydrogen-bond acceptors (Lipinski definition) is 5. The Bertz CT molecular complexity index is 1070. The fourth-order valence-corrected chi connectivity index (χ4v) is 3.86. The Hall–Kier alpha value is -3.15. The van der Waals surface area contributed by atoms with Crippen molar-refractivity contribution in [3.05, 3.63) is 53.6 Å². The Morgan fingerprint density at radius 2 is 1.90 bits per heavy atom. The highest BCUT2D eigenvalue weighted by Crippen LogP contribution is 2.31. The lowest BCUT2D eigenvalue weighted by atomic mass is 9.97. The van der Waals surface area contributed by atoms with Crippen LogP contribution in [-0.2, 0) is 4.79 Å². The van der Waals surface area contributed by atoms with Gasteiger partial charge in [-0.25, -0.2) is 9.97 Å². The SMILES string of the molecule is CCOc1nc2ccccc2nc1N1CCC[C@@H](C(=O)Nc2ccc(C)c(C)c2)C1. The average molecular weight is 405 g/mol. The summed E-state index contributed by atoms with van der Waals surface area (Å²) in [6.07, 6.45) is 1.78. The Morgan fingerprint density at radius 3 is 2.63 bits per heavy atom. The zero-order chi connectivity index (χ0) is 21.1. The first-order chi connectivity index (χ1) is 14.5. The van der Waals surface area contributed by atoms with Crippen molar-refractivity contribution in [1.29, 1.82) is 0 Å². The van der Waals surface area contributed by atoms with E-state index in [-0.39, 0.29) is 11.8 Å². The maximum Gasteiger partial charge on any atom is 0.258 e. The Kier molecular flexibility index (Phi) is 5.84. The van der Waals surface area contributed by atoms with E-state index >= 15 is 0 Å². The molecule has 0 bridgehead atoms. The van der Waals surface area contributed by atoms with E-state index in [4.69, 9.17) is 9.72 Å². The maximum atomic E-state index is 13.0. The lowest BCUT2D eigenvalue weighted by molar-refractivity contribution is -0.120. The van der Waals surface area contributed by atoms with Gasteiger partial charge in [0.05, 0.1) is 23.6 Å². The van der Waals surface area contributed by atoms with Crippen molar-refractivity contribution in [2.45, 2.75) is 33.6 Å². The third-order valence-electron chi connectivity index (χ3n) is 5.67. The number of benzene rings is 2. The van der Waals surface area contributed by atoms with E-state index in [1.165, 1.54) is 11.1 Å². The lowest BCUT2D eigenvalue weighted by Crippen LogP contribution is -2.41. The van der Waals surface area contributed by atoms with Gasteiger partial charge in [-0.1, -0.05) is 18.2 Å². The van der Waals surface area contributed by atoms with Gasteiger partial charge in [0, 0.05) is 18.8 Å². The van der Waals surface area contributed by atoms with Crippen LogP contribution in [0, 0.1) is 19.8 Å². The molecule has 156 valence electrons. The van der Waals surface area contributed by atoms with Crippen molar-refractivity contribution in [3.63, 3.8) is 0 Å². The monoisotopic (exact) mass is 404 g/mol. The van der Waals surface area contributed by atoms with Gasteiger partial charge in [-0.05, 0) is 69.0 Å². The number of amides is 1. The molecule has 30 heavy (non-hydrogen) atoms. The van der Waals surface area contributed by atoms with Crippen LogP contribution in [0.5, 0.6) is 5.88 Å². The molecule has 6 heteroatoms. The quantitative estimate of drug-likeness (QED) is 0.678. The number of rotatable bonds is 5. The van der Waals surface area contributed by atoms with Crippen LogP contribution in [-0.4, -0.2) is 35.6 Å². The summed E-state index contributed by atoms with van der Waals surface area (Å²) in [6, 6.07) is 13.8. The number of nitrogens with one attached hydrogen (secondary N) is 1. The summed E-state index contributed by atoms with van der Waals surface area (Å²) < 4.78 is 5.80. The van der Waals surface area contributed by atoms with Crippen molar-refractivity contribution in [2.24, 2.45) is 5.92 Å². The molecule has 1 aliphatic rings. The van der Waals surface area contributed by atoms with Gasteiger partial charge in [-0.2, -0.15) is 0 Å². The van der Waals surface area contributed by atoms with Gasteiger partial charge in [0.1, 0.15) is 0 Å². The minimum absolute atomic E-state index is 0.0506. The standard InChI is InChI=1S/C24H28N4O2/c1-4-30-24-22(26-20-9-5-6-10-21(20)27-24)28-13-7-8-18(15-28)23(29)25-19-12-11-16(2)17(3)14-19/h5-6,9-12,14,18H,4,7-8,13,15H2,1-3H3,(H,25,29)/t18-/m1/s1. The molecule has 0 spiro atoms. The number of nitrogens with zero attached hydrogens (tertiary/aromatic N) is 3. The molecule has 0 aliphatic carbocycles. The van der Waals surface area contributed by atoms with Gasteiger partial charge in [0.2, 0.25) is 5.91 Å². The van der Waals surface area contributed by atoms with Crippen molar-refractivity contribution in [1.82, 2.24) is 9.97 Å². The molecule has 1 aliphatic heterocycles. The molecule has 4 rings (SSSR count). The molecule has 1 fully saturated rings. The average Bonchev–Trinajstić information content (AvgIpc) is 2.76. The number of fused-ring (bicyclic) bond motifs is 1. The highest BCUT2D eigenvalue weighted by atomic mass is 16.5. The first-order valence-corrected chi connectivity index (χ1v) is 10.6. The van der Waals surface area contributed by atoms with Crippen LogP contribution in [0.15, 0.2) is 42.5 Å². The van der Waals surface area contributed by atoms with Gasteiger partial charge in [0.15, 0.2) is 5.82 Å². The van der Waals surface area contributed by atoms with Crippen molar-refractivity contribution in [3.8, 4) is 5.88 Å². The molecule has 0 saturated carbocycles. The van der Waals surface area contributed by atoms with Gasteiger partial charge in [0.25, 0.3) is 5.88 Å². The molecular weight excluding hydrogens is 376 g/mol. The van der Waals surface area contributed by atoms with Gasteiger partial charge >= 0.3 is 0 Å². The van der Waals surface area contributed by atoms with Gasteiger partial charge in [-0.15, -0.1) is 0 Å². The normalized spacial score (nSPS) is 16.5. The number of para-hydroxylation sites is 2. The van der Waals surface area contributed by atoms with E-state index < -0.39 is 0 Å².